The fourth-order valence-electron chi connectivity index (χ4n) is 2.99. The number of hydrogen-bond acceptors (Lipinski definition) is 3. The Bertz CT molecular complexity index is 1080. The van der Waals surface area contributed by atoms with Crippen LogP contribution in [0.4, 0.5) is 0 Å². The first-order chi connectivity index (χ1) is 12.2. The molecule has 3 aromatic carbocycles. The van der Waals surface area contributed by atoms with Crippen molar-refractivity contribution in [3.8, 4) is 16.9 Å². The van der Waals surface area contributed by atoms with Crippen LogP contribution in [-0.2, 0) is 6.42 Å². The largest absolute Gasteiger partial charge is 0.507 e. The van der Waals surface area contributed by atoms with Crippen molar-refractivity contribution in [3.05, 3.63) is 100 Å². The van der Waals surface area contributed by atoms with E-state index in [0.29, 0.717) is 17.4 Å². The summed E-state index contributed by atoms with van der Waals surface area (Å²) in [5.41, 5.74) is 3.12. The zero-order valence-electron chi connectivity index (χ0n) is 13.5. The van der Waals surface area contributed by atoms with Crippen LogP contribution in [0.25, 0.3) is 22.1 Å². The Morgan fingerprint density at radius 3 is 2.20 bits per heavy atom. The zero-order valence-corrected chi connectivity index (χ0v) is 13.5. The summed E-state index contributed by atoms with van der Waals surface area (Å²) in [6.07, 6.45) is 0.334. The molecule has 122 valence electrons. The molecule has 3 heteroatoms. The van der Waals surface area contributed by atoms with E-state index >= 15 is 0 Å². The minimum Gasteiger partial charge on any atom is -0.507 e. The van der Waals surface area contributed by atoms with Crippen LogP contribution < -0.4 is 5.63 Å². The average molecular weight is 328 g/mol. The van der Waals surface area contributed by atoms with Crippen LogP contribution in [-0.4, -0.2) is 5.11 Å². The second-order valence-corrected chi connectivity index (χ2v) is 5.96. The third kappa shape index (κ3) is 2.92. The number of benzene rings is 3. The molecule has 0 radical (unpaired) electrons. The normalized spacial score (nSPS) is 10.9. The molecule has 1 heterocycles. The van der Waals surface area contributed by atoms with Gasteiger partial charge in [0.1, 0.15) is 11.3 Å². The van der Waals surface area contributed by atoms with Gasteiger partial charge >= 0.3 is 5.63 Å². The number of fused-ring (bicyclic) bond motifs is 1. The first-order valence-electron chi connectivity index (χ1n) is 8.10. The number of aromatic hydroxyl groups is 1. The summed E-state index contributed by atoms with van der Waals surface area (Å²) >= 11 is 0. The first-order valence-corrected chi connectivity index (χ1v) is 8.10. The van der Waals surface area contributed by atoms with Crippen LogP contribution in [0, 0.1) is 0 Å². The van der Waals surface area contributed by atoms with E-state index < -0.39 is 5.63 Å². The Morgan fingerprint density at radius 1 is 0.800 bits per heavy atom. The standard InChI is InChI=1S/C22H16O3/c23-21-18-14-17(16-9-5-2-6-10-16)11-12-20(18)25-22(24)19(21)13-15-7-3-1-4-8-15/h1-12,14,23H,13H2. The van der Waals surface area contributed by atoms with Gasteiger partial charge in [-0.1, -0.05) is 66.7 Å². The highest BCUT2D eigenvalue weighted by Gasteiger charge is 2.15. The minimum absolute atomic E-state index is 0.00659. The minimum atomic E-state index is -0.499. The molecule has 0 fully saturated rings. The zero-order chi connectivity index (χ0) is 17.2. The molecule has 1 aromatic heterocycles. The summed E-state index contributed by atoms with van der Waals surface area (Å²) in [5, 5.41) is 11.3. The van der Waals surface area contributed by atoms with Gasteiger partial charge in [-0.15, -0.1) is 0 Å². The van der Waals surface area contributed by atoms with Crippen molar-refractivity contribution in [2.45, 2.75) is 6.42 Å². The van der Waals surface area contributed by atoms with Gasteiger partial charge in [0.2, 0.25) is 0 Å². The lowest BCUT2D eigenvalue weighted by atomic mass is 10.0. The quantitative estimate of drug-likeness (QED) is 0.552. The summed E-state index contributed by atoms with van der Waals surface area (Å²) in [4.78, 5) is 12.3. The van der Waals surface area contributed by atoms with E-state index in [4.69, 9.17) is 4.42 Å². The highest BCUT2D eigenvalue weighted by molar-refractivity contribution is 5.88. The molecule has 0 saturated heterocycles. The van der Waals surface area contributed by atoms with Gasteiger partial charge in [-0.2, -0.15) is 0 Å². The van der Waals surface area contributed by atoms with Crippen LogP contribution in [0.5, 0.6) is 5.75 Å². The van der Waals surface area contributed by atoms with Gasteiger partial charge in [0, 0.05) is 6.42 Å². The van der Waals surface area contributed by atoms with Gasteiger partial charge in [-0.25, -0.2) is 4.79 Å². The summed E-state index contributed by atoms with van der Waals surface area (Å²) in [6, 6.07) is 24.9. The SMILES string of the molecule is O=c1oc2ccc(-c3ccccc3)cc2c(O)c1Cc1ccccc1. The Morgan fingerprint density at radius 2 is 1.48 bits per heavy atom. The van der Waals surface area contributed by atoms with Crippen LogP contribution in [0.2, 0.25) is 0 Å². The van der Waals surface area contributed by atoms with Crippen LogP contribution in [0.15, 0.2) is 88.1 Å². The molecule has 25 heavy (non-hydrogen) atoms. The topological polar surface area (TPSA) is 50.4 Å². The molecule has 0 saturated carbocycles. The fraction of sp³-hybridized carbons (Fsp3) is 0.0455. The fourth-order valence-corrected chi connectivity index (χ4v) is 2.99. The molecule has 0 aliphatic carbocycles. The summed E-state index contributed by atoms with van der Waals surface area (Å²) in [7, 11) is 0. The Kier molecular flexibility index (Phi) is 3.82. The van der Waals surface area contributed by atoms with E-state index in [1.165, 1.54) is 0 Å². The molecular formula is C22H16O3. The molecule has 4 aromatic rings. The summed E-state index contributed by atoms with van der Waals surface area (Å²) in [6.45, 7) is 0. The van der Waals surface area contributed by atoms with E-state index in [1.54, 1.807) is 6.07 Å². The van der Waals surface area contributed by atoms with E-state index in [9.17, 15) is 9.90 Å². The second-order valence-electron chi connectivity index (χ2n) is 5.96. The number of hydrogen-bond donors (Lipinski definition) is 1. The highest BCUT2D eigenvalue weighted by Crippen LogP contribution is 2.31. The maximum absolute atomic E-state index is 12.3. The van der Waals surface area contributed by atoms with Gasteiger partial charge in [-0.05, 0) is 28.8 Å². The maximum Gasteiger partial charge on any atom is 0.343 e. The van der Waals surface area contributed by atoms with Crippen molar-refractivity contribution < 1.29 is 9.52 Å². The predicted octanol–water partition coefficient (Wildman–Crippen LogP) is 4.76. The lowest BCUT2D eigenvalue weighted by Crippen LogP contribution is -2.08. The van der Waals surface area contributed by atoms with Crippen molar-refractivity contribution in [1.29, 1.82) is 0 Å². The summed E-state index contributed by atoms with van der Waals surface area (Å²) in [5.74, 6) is -0.00659. The molecule has 0 bridgehead atoms. The average Bonchev–Trinajstić information content (AvgIpc) is 2.66. The monoisotopic (exact) mass is 328 g/mol. The van der Waals surface area contributed by atoms with Gasteiger partial charge in [0.25, 0.3) is 0 Å². The highest BCUT2D eigenvalue weighted by atomic mass is 16.4. The molecule has 0 aliphatic rings. The molecule has 0 amide bonds. The Balaban J connectivity index is 1.86. The lowest BCUT2D eigenvalue weighted by Gasteiger charge is -2.08. The van der Waals surface area contributed by atoms with Crippen LogP contribution >= 0.6 is 0 Å². The Hall–Kier alpha value is -3.33. The van der Waals surface area contributed by atoms with E-state index in [1.807, 2.05) is 72.8 Å². The third-order valence-corrected chi connectivity index (χ3v) is 4.30. The van der Waals surface area contributed by atoms with Crippen molar-refractivity contribution in [2.75, 3.05) is 0 Å². The van der Waals surface area contributed by atoms with Gasteiger partial charge < -0.3 is 9.52 Å². The molecule has 4 rings (SSSR count). The molecule has 3 nitrogen and oxygen atoms in total. The number of rotatable bonds is 3. The van der Waals surface area contributed by atoms with E-state index in [0.717, 1.165) is 16.7 Å². The predicted molar refractivity (Wildman–Crippen MR) is 98.8 cm³/mol. The second kappa shape index (κ2) is 6.29. The molecule has 0 atom stereocenters. The summed E-state index contributed by atoms with van der Waals surface area (Å²) < 4.78 is 5.42. The van der Waals surface area contributed by atoms with E-state index in [-0.39, 0.29) is 11.3 Å². The van der Waals surface area contributed by atoms with Crippen molar-refractivity contribution in [3.63, 3.8) is 0 Å². The molecule has 0 aliphatic heterocycles. The van der Waals surface area contributed by atoms with Crippen molar-refractivity contribution in [1.82, 2.24) is 0 Å². The molecule has 0 unspecified atom stereocenters. The smallest absolute Gasteiger partial charge is 0.343 e. The van der Waals surface area contributed by atoms with Crippen LogP contribution in [0.3, 0.4) is 0 Å². The lowest BCUT2D eigenvalue weighted by molar-refractivity contribution is 0.459. The third-order valence-electron chi connectivity index (χ3n) is 4.30. The van der Waals surface area contributed by atoms with Gasteiger partial charge in [0.05, 0.1) is 10.9 Å². The van der Waals surface area contributed by atoms with Crippen molar-refractivity contribution >= 4 is 11.0 Å². The van der Waals surface area contributed by atoms with Crippen LogP contribution in [0.1, 0.15) is 11.1 Å². The van der Waals surface area contributed by atoms with E-state index in [2.05, 4.69) is 0 Å². The van der Waals surface area contributed by atoms with Gasteiger partial charge in [0.15, 0.2) is 0 Å². The first kappa shape index (κ1) is 15.2. The Labute approximate surface area is 144 Å². The molecular weight excluding hydrogens is 312 g/mol. The van der Waals surface area contributed by atoms with Gasteiger partial charge in [-0.3, -0.25) is 0 Å². The van der Waals surface area contributed by atoms with Crippen molar-refractivity contribution in [2.24, 2.45) is 0 Å². The maximum atomic E-state index is 12.3. The molecule has 1 N–H and O–H groups in total. The molecule has 0 spiro atoms.